The van der Waals surface area contributed by atoms with Crippen molar-refractivity contribution in [2.45, 2.75) is 0 Å². The summed E-state index contributed by atoms with van der Waals surface area (Å²) in [6.45, 7) is 0.872. The zero-order valence-corrected chi connectivity index (χ0v) is 15.9. The maximum atomic E-state index is 14.2. The average Bonchev–Trinajstić information content (AvgIpc) is 2.73. The molecule has 0 bridgehead atoms. The van der Waals surface area contributed by atoms with Crippen LogP contribution in [0.5, 0.6) is 5.75 Å². The standard InChI is InChI=1S/C19H18FN5O5/c1-29-9-10-30-16-7-5-13(6-8-16)22-19-23-18(17(20)12-24(19)26)21-14-3-2-4-15(11-14)25(27)28/h2-8,11-12,26H,9-10H2,1H3,(H,21,22,23)/p+1. The summed E-state index contributed by atoms with van der Waals surface area (Å²) in [6.07, 6.45) is 0.817. The summed E-state index contributed by atoms with van der Waals surface area (Å²) in [5, 5.41) is 26.4. The zero-order chi connectivity index (χ0) is 21.5. The molecule has 0 aliphatic carbocycles. The van der Waals surface area contributed by atoms with E-state index in [0.717, 1.165) is 6.20 Å². The highest BCUT2D eigenvalue weighted by Gasteiger charge is 2.20. The van der Waals surface area contributed by atoms with E-state index in [1.807, 2.05) is 0 Å². The fourth-order valence-electron chi connectivity index (χ4n) is 2.45. The quantitative estimate of drug-likeness (QED) is 0.160. The maximum Gasteiger partial charge on any atom is 0.435 e. The monoisotopic (exact) mass is 416 g/mol. The Balaban J connectivity index is 1.76. The van der Waals surface area contributed by atoms with E-state index in [9.17, 15) is 19.7 Å². The maximum absolute atomic E-state index is 14.2. The second-order valence-corrected chi connectivity index (χ2v) is 6.03. The molecule has 2 aromatic carbocycles. The lowest BCUT2D eigenvalue weighted by molar-refractivity contribution is -0.895. The molecule has 0 spiro atoms. The first-order chi connectivity index (χ1) is 14.5. The normalized spacial score (nSPS) is 10.5. The van der Waals surface area contributed by atoms with Gasteiger partial charge < -0.3 is 20.0 Å². The number of halogens is 1. The van der Waals surface area contributed by atoms with E-state index in [-0.39, 0.29) is 23.1 Å². The minimum Gasteiger partial charge on any atom is -0.491 e. The van der Waals surface area contributed by atoms with Crippen LogP contribution in [-0.4, -0.2) is 35.4 Å². The second-order valence-electron chi connectivity index (χ2n) is 6.03. The highest BCUT2D eigenvalue weighted by molar-refractivity contribution is 5.61. The third kappa shape index (κ3) is 5.29. The smallest absolute Gasteiger partial charge is 0.435 e. The van der Waals surface area contributed by atoms with Crippen molar-refractivity contribution in [1.29, 1.82) is 0 Å². The molecule has 0 atom stereocenters. The lowest BCUT2D eigenvalue weighted by atomic mass is 10.3. The fraction of sp³-hybridized carbons (Fsp3) is 0.158. The van der Waals surface area contributed by atoms with Crippen LogP contribution in [0.2, 0.25) is 0 Å². The molecular weight excluding hydrogens is 397 g/mol. The Kier molecular flexibility index (Phi) is 6.55. The van der Waals surface area contributed by atoms with E-state index in [2.05, 4.69) is 15.6 Å². The van der Waals surface area contributed by atoms with Crippen molar-refractivity contribution in [2.24, 2.45) is 0 Å². The van der Waals surface area contributed by atoms with E-state index in [1.165, 1.54) is 24.3 Å². The Morgan fingerprint density at radius 1 is 1.17 bits per heavy atom. The number of hydrogen-bond donors (Lipinski definition) is 3. The molecule has 11 heteroatoms. The van der Waals surface area contributed by atoms with Crippen LogP contribution >= 0.6 is 0 Å². The Morgan fingerprint density at radius 3 is 2.63 bits per heavy atom. The fourth-order valence-corrected chi connectivity index (χ4v) is 2.45. The molecule has 30 heavy (non-hydrogen) atoms. The van der Waals surface area contributed by atoms with Crippen molar-refractivity contribution in [3.05, 3.63) is 70.7 Å². The number of aromatic nitrogens is 2. The van der Waals surface area contributed by atoms with Crippen molar-refractivity contribution < 1.29 is 28.7 Å². The third-order valence-electron chi connectivity index (χ3n) is 3.88. The van der Waals surface area contributed by atoms with Gasteiger partial charge in [-0.2, -0.15) is 4.39 Å². The minimum absolute atomic E-state index is 0.0719. The molecule has 3 aromatic rings. The molecule has 0 radical (unpaired) electrons. The Labute approximate surface area is 170 Å². The number of benzene rings is 2. The van der Waals surface area contributed by atoms with Gasteiger partial charge in [0.1, 0.15) is 12.4 Å². The average molecular weight is 416 g/mol. The van der Waals surface area contributed by atoms with E-state index in [1.54, 1.807) is 31.4 Å². The molecule has 0 unspecified atom stereocenters. The molecule has 0 aliphatic rings. The molecular formula is C19H19FN5O5+. The van der Waals surface area contributed by atoms with Gasteiger partial charge in [-0.3, -0.25) is 10.1 Å². The molecule has 0 aliphatic heterocycles. The van der Waals surface area contributed by atoms with Crippen LogP contribution in [-0.2, 0) is 4.74 Å². The van der Waals surface area contributed by atoms with Crippen molar-refractivity contribution in [1.82, 2.24) is 4.98 Å². The van der Waals surface area contributed by atoms with E-state index >= 15 is 0 Å². The van der Waals surface area contributed by atoms with Crippen LogP contribution < -0.4 is 20.1 Å². The predicted octanol–water partition coefficient (Wildman–Crippen LogP) is 3.17. The minimum atomic E-state index is -0.851. The zero-order valence-electron chi connectivity index (χ0n) is 15.9. The second kappa shape index (κ2) is 9.47. The van der Waals surface area contributed by atoms with Crippen LogP contribution in [0.3, 0.4) is 0 Å². The van der Waals surface area contributed by atoms with Gasteiger partial charge in [0.2, 0.25) is 11.6 Å². The summed E-state index contributed by atoms with van der Waals surface area (Å²) in [6, 6.07) is 12.4. The number of nitro groups is 1. The number of anilines is 4. The number of nitrogens with one attached hydrogen (secondary N) is 2. The van der Waals surface area contributed by atoms with Crippen LogP contribution in [0.15, 0.2) is 54.7 Å². The molecule has 1 aromatic heterocycles. The topological polar surface area (TPSA) is 123 Å². The molecule has 3 N–H and O–H groups in total. The van der Waals surface area contributed by atoms with Gasteiger partial charge >= 0.3 is 5.95 Å². The van der Waals surface area contributed by atoms with Gasteiger partial charge in [-0.15, -0.1) is 0 Å². The van der Waals surface area contributed by atoms with Crippen LogP contribution in [0, 0.1) is 15.9 Å². The summed E-state index contributed by atoms with van der Waals surface area (Å²) in [5.74, 6) is -0.508. The number of non-ortho nitro benzene ring substituents is 1. The number of nitro benzene ring substituents is 1. The van der Waals surface area contributed by atoms with Crippen molar-refractivity contribution in [2.75, 3.05) is 31.0 Å². The highest BCUT2D eigenvalue weighted by atomic mass is 19.1. The number of rotatable bonds is 9. The highest BCUT2D eigenvalue weighted by Crippen LogP contribution is 2.23. The van der Waals surface area contributed by atoms with Crippen molar-refractivity contribution in [3.8, 4) is 5.75 Å². The van der Waals surface area contributed by atoms with Crippen molar-refractivity contribution >= 4 is 28.8 Å². The molecule has 10 nitrogen and oxygen atoms in total. The molecule has 3 rings (SSSR count). The van der Waals surface area contributed by atoms with Crippen molar-refractivity contribution in [3.63, 3.8) is 0 Å². The van der Waals surface area contributed by atoms with Gasteiger partial charge in [0.15, 0.2) is 6.20 Å². The number of ether oxygens (including phenoxy) is 2. The first-order valence-corrected chi connectivity index (χ1v) is 8.78. The Morgan fingerprint density at radius 2 is 1.93 bits per heavy atom. The lowest BCUT2D eigenvalue weighted by Gasteiger charge is -2.07. The largest absolute Gasteiger partial charge is 0.491 e. The lowest BCUT2D eigenvalue weighted by Crippen LogP contribution is -2.35. The van der Waals surface area contributed by atoms with E-state index < -0.39 is 10.7 Å². The summed E-state index contributed by atoms with van der Waals surface area (Å²) in [4.78, 5) is 14.4. The van der Waals surface area contributed by atoms with Crippen LogP contribution in [0.25, 0.3) is 0 Å². The first-order valence-electron chi connectivity index (χ1n) is 8.78. The van der Waals surface area contributed by atoms with Gasteiger partial charge in [-0.1, -0.05) is 10.8 Å². The van der Waals surface area contributed by atoms with E-state index in [0.29, 0.717) is 29.4 Å². The number of hydrogen-bond acceptors (Lipinski definition) is 8. The summed E-state index contributed by atoms with van der Waals surface area (Å²) >= 11 is 0. The number of nitrogens with zero attached hydrogens (tertiary/aromatic N) is 3. The van der Waals surface area contributed by atoms with Gasteiger partial charge in [-0.05, 0) is 35.3 Å². The molecule has 0 saturated heterocycles. The molecule has 0 saturated carbocycles. The van der Waals surface area contributed by atoms with E-state index in [4.69, 9.17) is 9.47 Å². The summed E-state index contributed by atoms with van der Waals surface area (Å²) in [7, 11) is 1.58. The van der Waals surface area contributed by atoms with Crippen LogP contribution in [0.1, 0.15) is 0 Å². The molecule has 0 amide bonds. The summed E-state index contributed by atoms with van der Waals surface area (Å²) in [5.41, 5.74) is 0.687. The van der Waals surface area contributed by atoms with Gasteiger partial charge in [0, 0.05) is 24.9 Å². The van der Waals surface area contributed by atoms with Gasteiger partial charge in [0.25, 0.3) is 5.69 Å². The molecule has 156 valence electrons. The van der Waals surface area contributed by atoms with Gasteiger partial charge in [-0.25, -0.2) is 5.32 Å². The van der Waals surface area contributed by atoms with Gasteiger partial charge in [0.05, 0.1) is 17.2 Å². The molecule has 0 fully saturated rings. The SMILES string of the molecule is COCCOc1ccc(Nc2nc(Nc3cccc([N+](=O)[O-])c3)c(F)c[n+]2O)cc1. The summed E-state index contributed by atoms with van der Waals surface area (Å²) < 4.78 is 25.1. The predicted molar refractivity (Wildman–Crippen MR) is 105 cm³/mol. The third-order valence-corrected chi connectivity index (χ3v) is 3.88. The number of methoxy groups -OCH3 is 1. The Bertz CT molecular complexity index is 1030. The molecule has 1 heterocycles. The van der Waals surface area contributed by atoms with Crippen LogP contribution in [0.4, 0.5) is 33.2 Å². The Hall–Kier alpha value is -3.99. The first kappa shape index (κ1) is 20.7.